The van der Waals surface area contributed by atoms with E-state index in [1.165, 1.54) is 7.11 Å². The third kappa shape index (κ3) is 5.29. The average Bonchev–Trinajstić information content (AvgIpc) is 3.04. The second-order valence-electron chi connectivity index (χ2n) is 6.74. The Hall–Kier alpha value is -3.07. The number of aromatic nitrogens is 1. The van der Waals surface area contributed by atoms with Crippen molar-refractivity contribution in [2.24, 2.45) is 0 Å². The summed E-state index contributed by atoms with van der Waals surface area (Å²) in [5.41, 5.74) is 0.601. The number of ketones is 1. The van der Waals surface area contributed by atoms with Gasteiger partial charge in [0, 0.05) is 12.0 Å². The lowest BCUT2D eigenvalue weighted by atomic mass is 10.1. The van der Waals surface area contributed by atoms with Gasteiger partial charge in [0.25, 0.3) is 0 Å². The Labute approximate surface area is 172 Å². The summed E-state index contributed by atoms with van der Waals surface area (Å²) in [6.45, 7) is 1.57. The zero-order valence-corrected chi connectivity index (χ0v) is 17.1. The molecule has 0 unspecified atom stereocenters. The largest absolute Gasteiger partial charge is 0.497 e. The van der Waals surface area contributed by atoms with Crippen molar-refractivity contribution in [1.82, 2.24) is 4.98 Å². The zero-order chi connectivity index (χ0) is 21.9. The van der Waals surface area contributed by atoms with Crippen LogP contribution in [0, 0.1) is 18.6 Å². The fourth-order valence-corrected chi connectivity index (χ4v) is 4.27. The van der Waals surface area contributed by atoms with Gasteiger partial charge in [0.05, 0.1) is 18.6 Å². The number of carbonyl (C=O) groups is 1. The fraction of sp³-hybridized carbons (Fsp3) is 0.238. The monoisotopic (exact) mass is 435 g/mol. The fourth-order valence-electron chi connectivity index (χ4n) is 2.89. The average molecular weight is 435 g/mol. The minimum Gasteiger partial charge on any atom is -0.497 e. The van der Waals surface area contributed by atoms with Crippen molar-refractivity contribution in [3.05, 3.63) is 71.1 Å². The van der Waals surface area contributed by atoms with E-state index >= 15 is 0 Å². The van der Waals surface area contributed by atoms with Crippen LogP contribution in [-0.2, 0) is 26.8 Å². The van der Waals surface area contributed by atoms with Crippen LogP contribution in [0.15, 0.2) is 46.9 Å². The molecule has 158 valence electrons. The topological polar surface area (TPSA) is 86.5 Å². The summed E-state index contributed by atoms with van der Waals surface area (Å²) in [5.74, 6) is -2.41. The van der Waals surface area contributed by atoms with Crippen molar-refractivity contribution >= 4 is 15.6 Å². The molecule has 2 aromatic carbocycles. The summed E-state index contributed by atoms with van der Waals surface area (Å²) < 4.78 is 62.6. The standard InChI is InChI=1S/C21H19F2NO5S/c1-13-20(24-21(29-13)14-4-3-5-18(10-14)28-2)12-30(26,27)11-17(25)9-15-8-16(22)6-7-19(15)23/h3-8,10H,9,11-12H2,1-2H3. The maximum atomic E-state index is 13.7. The molecule has 3 aromatic rings. The third-order valence-corrected chi connectivity index (χ3v) is 5.82. The van der Waals surface area contributed by atoms with Crippen LogP contribution in [0.1, 0.15) is 17.0 Å². The van der Waals surface area contributed by atoms with Gasteiger partial charge in [-0.05, 0) is 48.9 Å². The quantitative estimate of drug-likeness (QED) is 0.537. The summed E-state index contributed by atoms with van der Waals surface area (Å²) in [6.07, 6.45) is -0.518. The Balaban J connectivity index is 1.73. The molecule has 3 rings (SSSR count). The first-order valence-corrected chi connectivity index (χ1v) is 10.8. The van der Waals surface area contributed by atoms with Crippen molar-refractivity contribution in [3.8, 4) is 17.2 Å². The first-order chi connectivity index (χ1) is 14.2. The summed E-state index contributed by atoms with van der Waals surface area (Å²) in [6, 6.07) is 9.62. The molecular formula is C21H19F2NO5S. The Bertz CT molecular complexity index is 1190. The molecule has 1 aromatic heterocycles. The number of Topliss-reactive ketones (excluding diaryl/α,β-unsaturated/α-hetero) is 1. The van der Waals surface area contributed by atoms with E-state index in [9.17, 15) is 22.0 Å². The van der Waals surface area contributed by atoms with Gasteiger partial charge in [-0.2, -0.15) is 0 Å². The van der Waals surface area contributed by atoms with E-state index in [2.05, 4.69) is 4.98 Å². The van der Waals surface area contributed by atoms with Gasteiger partial charge in [0.1, 0.15) is 28.9 Å². The minimum absolute atomic E-state index is 0.178. The van der Waals surface area contributed by atoms with Crippen molar-refractivity contribution in [2.45, 2.75) is 19.1 Å². The number of oxazole rings is 1. The number of sulfone groups is 1. The predicted molar refractivity (Wildman–Crippen MR) is 106 cm³/mol. The number of rotatable bonds is 8. The van der Waals surface area contributed by atoms with Gasteiger partial charge in [-0.15, -0.1) is 0 Å². The van der Waals surface area contributed by atoms with Crippen LogP contribution in [0.4, 0.5) is 8.78 Å². The van der Waals surface area contributed by atoms with E-state index < -0.39 is 45.2 Å². The van der Waals surface area contributed by atoms with Gasteiger partial charge in [-0.1, -0.05) is 6.07 Å². The number of hydrogen-bond donors (Lipinski definition) is 0. The number of aryl methyl sites for hydroxylation is 1. The van der Waals surface area contributed by atoms with Gasteiger partial charge in [-0.25, -0.2) is 22.2 Å². The van der Waals surface area contributed by atoms with Crippen molar-refractivity contribution in [2.75, 3.05) is 12.9 Å². The summed E-state index contributed by atoms with van der Waals surface area (Å²) >= 11 is 0. The van der Waals surface area contributed by atoms with E-state index in [0.29, 0.717) is 17.1 Å². The third-order valence-electron chi connectivity index (χ3n) is 4.34. The Morgan fingerprint density at radius 1 is 1.17 bits per heavy atom. The highest BCUT2D eigenvalue weighted by molar-refractivity contribution is 7.91. The van der Waals surface area contributed by atoms with Crippen LogP contribution in [0.25, 0.3) is 11.5 Å². The maximum absolute atomic E-state index is 13.7. The van der Waals surface area contributed by atoms with E-state index in [1.807, 2.05) is 0 Å². The highest BCUT2D eigenvalue weighted by Gasteiger charge is 2.23. The van der Waals surface area contributed by atoms with Crippen LogP contribution < -0.4 is 4.74 Å². The van der Waals surface area contributed by atoms with Crippen LogP contribution in [0.5, 0.6) is 5.75 Å². The molecule has 6 nitrogen and oxygen atoms in total. The molecule has 0 aliphatic rings. The molecule has 0 radical (unpaired) electrons. The van der Waals surface area contributed by atoms with Crippen LogP contribution in [-0.4, -0.2) is 32.0 Å². The second-order valence-corrected chi connectivity index (χ2v) is 8.80. The highest BCUT2D eigenvalue weighted by Crippen LogP contribution is 2.26. The molecule has 0 aliphatic carbocycles. The number of methoxy groups -OCH3 is 1. The molecule has 0 saturated carbocycles. The molecule has 0 N–H and O–H groups in total. The summed E-state index contributed by atoms with van der Waals surface area (Å²) in [7, 11) is -2.38. The van der Waals surface area contributed by atoms with Gasteiger partial charge in [0.15, 0.2) is 15.6 Å². The molecule has 30 heavy (non-hydrogen) atoms. The predicted octanol–water partition coefficient (Wildman–Crippen LogP) is 3.66. The Kier molecular flexibility index (Phi) is 6.31. The zero-order valence-electron chi connectivity index (χ0n) is 16.3. The minimum atomic E-state index is -3.89. The van der Waals surface area contributed by atoms with Gasteiger partial charge in [0.2, 0.25) is 5.89 Å². The van der Waals surface area contributed by atoms with E-state index in [1.54, 1.807) is 31.2 Å². The molecule has 0 amide bonds. The Morgan fingerprint density at radius 2 is 1.93 bits per heavy atom. The first kappa shape index (κ1) is 21.6. The summed E-state index contributed by atoms with van der Waals surface area (Å²) in [4.78, 5) is 16.4. The van der Waals surface area contributed by atoms with E-state index in [4.69, 9.17) is 9.15 Å². The van der Waals surface area contributed by atoms with Gasteiger partial charge < -0.3 is 9.15 Å². The Morgan fingerprint density at radius 3 is 2.67 bits per heavy atom. The smallest absolute Gasteiger partial charge is 0.226 e. The second kappa shape index (κ2) is 8.74. The molecule has 0 bridgehead atoms. The van der Waals surface area contributed by atoms with E-state index in [-0.39, 0.29) is 17.1 Å². The number of halogens is 2. The van der Waals surface area contributed by atoms with Gasteiger partial charge in [-0.3, -0.25) is 4.79 Å². The number of hydrogen-bond acceptors (Lipinski definition) is 6. The van der Waals surface area contributed by atoms with E-state index in [0.717, 1.165) is 18.2 Å². The molecule has 0 spiro atoms. The first-order valence-electron chi connectivity index (χ1n) is 8.93. The molecule has 1 heterocycles. The lowest BCUT2D eigenvalue weighted by molar-refractivity contribution is -0.116. The lowest BCUT2D eigenvalue weighted by Crippen LogP contribution is -2.20. The van der Waals surface area contributed by atoms with Crippen molar-refractivity contribution in [3.63, 3.8) is 0 Å². The normalized spacial score (nSPS) is 11.5. The molecule has 0 aliphatic heterocycles. The van der Waals surface area contributed by atoms with Crippen molar-refractivity contribution in [1.29, 1.82) is 0 Å². The highest BCUT2D eigenvalue weighted by atomic mass is 32.2. The lowest BCUT2D eigenvalue weighted by Gasteiger charge is -2.04. The number of benzene rings is 2. The van der Waals surface area contributed by atoms with Crippen LogP contribution in [0.2, 0.25) is 0 Å². The SMILES string of the molecule is COc1cccc(-c2nc(CS(=O)(=O)CC(=O)Cc3cc(F)ccc3F)c(C)o2)c1. The molecule has 9 heteroatoms. The van der Waals surface area contributed by atoms with Gasteiger partial charge >= 0.3 is 0 Å². The summed E-state index contributed by atoms with van der Waals surface area (Å²) in [5, 5.41) is 0. The van der Waals surface area contributed by atoms with Crippen molar-refractivity contribution < 1.29 is 31.1 Å². The number of nitrogens with zero attached hydrogens (tertiary/aromatic N) is 1. The molecular weight excluding hydrogens is 416 g/mol. The van der Waals surface area contributed by atoms with Crippen LogP contribution in [0.3, 0.4) is 0 Å². The molecule has 0 atom stereocenters. The molecule has 0 fully saturated rings. The number of ether oxygens (including phenoxy) is 1. The maximum Gasteiger partial charge on any atom is 0.226 e. The number of carbonyl (C=O) groups excluding carboxylic acids is 1. The van der Waals surface area contributed by atoms with Crippen LogP contribution >= 0.6 is 0 Å². The molecule has 0 saturated heterocycles.